The molecule has 0 aromatic carbocycles. The molecule has 2 heterocycles. The lowest BCUT2D eigenvalue weighted by Crippen LogP contribution is -2.45. The molecule has 16 heavy (non-hydrogen) atoms. The van der Waals surface area contributed by atoms with Gasteiger partial charge in [0, 0.05) is 6.54 Å². The van der Waals surface area contributed by atoms with Gasteiger partial charge in [-0.15, -0.1) is 5.10 Å². The molecule has 1 aromatic rings. The molecule has 1 aromatic heterocycles. The maximum Gasteiger partial charge on any atom is 0.245 e. The fourth-order valence-electron chi connectivity index (χ4n) is 1.84. The van der Waals surface area contributed by atoms with Crippen LogP contribution in [-0.2, 0) is 16.1 Å². The molecule has 0 radical (unpaired) electrons. The Morgan fingerprint density at radius 1 is 1.50 bits per heavy atom. The van der Waals surface area contributed by atoms with E-state index in [0.717, 1.165) is 6.42 Å². The molecule has 1 unspecified atom stereocenters. The van der Waals surface area contributed by atoms with E-state index in [1.165, 1.54) is 15.9 Å². The van der Waals surface area contributed by atoms with E-state index in [4.69, 9.17) is 5.73 Å². The summed E-state index contributed by atoms with van der Waals surface area (Å²) in [7, 11) is 0. The van der Waals surface area contributed by atoms with Crippen molar-refractivity contribution in [3.05, 3.63) is 6.33 Å². The number of aromatic nitrogens is 4. The minimum atomic E-state index is -0.482. The Morgan fingerprint density at radius 3 is 2.94 bits per heavy atom. The van der Waals surface area contributed by atoms with Crippen LogP contribution in [0.25, 0.3) is 0 Å². The summed E-state index contributed by atoms with van der Waals surface area (Å²) in [6, 6.07) is -0.482. The van der Waals surface area contributed by atoms with Gasteiger partial charge in [-0.05, 0) is 23.3 Å². The van der Waals surface area contributed by atoms with Crippen LogP contribution >= 0.6 is 0 Å². The van der Waals surface area contributed by atoms with Gasteiger partial charge in [0.25, 0.3) is 0 Å². The van der Waals surface area contributed by atoms with Gasteiger partial charge >= 0.3 is 0 Å². The maximum absolute atomic E-state index is 11.8. The van der Waals surface area contributed by atoms with Gasteiger partial charge in [0.15, 0.2) is 0 Å². The van der Waals surface area contributed by atoms with Crippen molar-refractivity contribution in [1.82, 2.24) is 25.1 Å². The molecule has 2 rings (SSSR count). The van der Waals surface area contributed by atoms with Crippen molar-refractivity contribution >= 4 is 11.8 Å². The number of likely N-dealkylation sites (tertiary alicyclic amines) is 1. The van der Waals surface area contributed by atoms with E-state index in [9.17, 15) is 9.59 Å². The molecule has 1 aliphatic rings. The predicted molar refractivity (Wildman–Crippen MR) is 51.7 cm³/mol. The van der Waals surface area contributed by atoms with E-state index in [-0.39, 0.29) is 12.5 Å². The van der Waals surface area contributed by atoms with Crippen molar-refractivity contribution in [3.63, 3.8) is 0 Å². The first-order valence-corrected chi connectivity index (χ1v) is 4.98. The summed E-state index contributed by atoms with van der Waals surface area (Å²) >= 11 is 0. The Balaban J connectivity index is 2.01. The van der Waals surface area contributed by atoms with Crippen LogP contribution in [0, 0.1) is 0 Å². The highest BCUT2D eigenvalue weighted by Crippen LogP contribution is 2.17. The first kappa shape index (κ1) is 10.5. The number of hydrogen-bond donors (Lipinski definition) is 1. The van der Waals surface area contributed by atoms with Gasteiger partial charge in [-0.1, -0.05) is 0 Å². The van der Waals surface area contributed by atoms with Crippen molar-refractivity contribution in [2.24, 2.45) is 5.73 Å². The summed E-state index contributed by atoms with van der Waals surface area (Å²) in [6.45, 7) is 0.603. The molecule has 8 nitrogen and oxygen atoms in total. The fourth-order valence-corrected chi connectivity index (χ4v) is 1.84. The minimum Gasteiger partial charge on any atom is -0.368 e. The molecular formula is C8H12N6O2. The number of primary amides is 1. The van der Waals surface area contributed by atoms with Crippen molar-refractivity contribution in [1.29, 1.82) is 0 Å². The lowest BCUT2D eigenvalue weighted by Gasteiger charge is -2.21. The Labute approximate surface area is 91.4 Å². The van der Waals surface area contributed by atoms with Crippen LogP contribution in [0.15, 0.2) is 6.33 Å². The normalized spacial score (nSPS) is 20.0. The van der Waals surface area contributed by atoms with Gasteiger partial charge in [0.05, 0.1) is 0 Å². The molecule has 1 aliphatic heterocycles. The third-order valence-corrected chi connectivity index (χ3v) is 2.59. The molecular weight excluding hydrogens is 212 g/mol. The summed E-state index contributed by atoms with van der Waals surface area (Å²) in [4.78, 5) is 24.4. The van der Waals surface area contributed by atoms with Crippen LogP contribution in [0.1, 0.15) is 12.8 Å². The lowest BCUT2D eigenvalue weighted by molar-refractivity contribution is -0.137. The minimum absolute atomic E-state index is 0.0385. The zero-order valence-electron chi connectivity index (χ0n) is 8.61. The van der Waals surface area contributed by atoms with E-state index in [1.54, 1.807) is 0 Å². The second-order valence-corrected chi connectivity index (χ2v) is 3.65. The van der Waals surface area contributed by atoms with Crippen molar-refractivity contribution in [3.8, 4) is 0 Å². The highest BCUT2D eigenvalue weighted by molar-refractivity contribution is 5.87. The van der Waals surface area contributed by atoms with E-state index in [2.05, 4.69) is 15.5 Å². The van der Waals surface area contributed by atoms with Crippen LogP contribution < -0.4 is 5.73 Å². The second-order valence-electron chi connectivity index (χ2n) is 3.65. The number of nitrogens with two attached hydrogens (primary N) is 1. The Bertz CT molecular complexity index is 389. The number of hydrogen-bond acceptors (Lipinski definition) is 5. The lowest BCUT2D eigenvalue weighted by atomic mass is 10.2. The maximum atomic E-state index is 11.8. The molecule has 0 spiro atoms. The monoisotopic (exact) mass is 224 g/mol. The van der Waals surface area contributed by atoms with Gasteiger partial charge in [-0.2, -0.15) is 0 Å². The molecule has 1 saturated heterocycles. The first-order chi connectivity index (χ1) is 7.68. The van der Waals surface area contributed by atoms with E-state index < -0.39 is 11.9 Å². The predicted octanol–water partition coefficient (Wildman–Crippen LogP) is -1.85. The number of nitrogens with zero attached hydrogens (tertiary/aromatic N) is 5. The van der Waals surface area contributed by atoms with Gasteiger partial charge < -0.3 is 10.6 Å². The molecule has 1 fully saturated rings. The molecule has 2 N–H and O–H groups in total. The van der Waals surface area contributed by atoms with Gasteiger partial charge in [0.1, 0.15) is 18.9 Å². The number of tetrazole rings is 1. The molecule has 0 bridgehead atoms. The third-order valence-electron chi connectivity index (χ3n) is 2.59. The number of carbonyl (C=O) groups is 2. The Hall–Kier alpha value is -1.99. The summed E-state index contributed by atoms with van der Waals surface area (Å²) in [5.41, 5.74) is 5.22. The van der Waals surface area contributed by atoms with E-state index in [1.807, 2.05) is 0 Å². The molecule has 0 saturated carbocycles. The standard InChI is InChI=1S/C8H12N6O2/c9-8(16)6-2-1-3-14(6)7(15)4-13-5-10-11-12-13/h5-6H,1-4H2,(H2,9,16). The van der Waals surface area contributed by atoms with Crippen LogP contribution in [0.4, 0.5) is 0 Å². The van der Waals surface area contributed by atoms with Crippen molar-refractivity contribution in [2.75, 3.05) is 6.54 Å². The largest absolute Gasteiger partial charge is 0.368 e. The number of amides is 2. The van der Waals surface area contributed by atoms with E-state index in [0.29, 0.717) is 13.0 Å². The van der Waals surface area contributed by atoms with E-state index >= 15 is 0 Å². The Morgan fingerprint density at radius 2 is 2.31 bits per heavy atom. The fraction of sp³-hybridized carbons (Fsp3) is 0.625. The molecule has 86 valence electrons. The van der Waals surface area contributed by atoms with Crippen LogP contribution in [0.3, 0.4) is 0 Å². The summed E-state index contributed by atoms with van der Waals surface area (Å²) in [5.74, 6) is -0.642. The zero-order valence-corrected chi connectivity index (χ0v) is 8.61. The highest BCUT2D eigenvalue weighted by Gasteiger charge is 2.32. The molecule has 8 heteroatoms. The first-order valence-electron chi connectivity index (χ1n) is 4.98. The molecule has 2 amide bonds. The quantitative estimate of drug-likeness (QED) is 0.648. The van der Waals surface area contributed by atoms with Crippen LogP contribution in [0.2, 0.25) is 0 Å². The topological polar surface area (TPSA) is 107 Å². The van der Waals surface area contributed by atoms with Crippen LogP contribution in [-0.4, -0.2) is 49.5 Å². The number of rotatable bonds is 3. The van der Waals surface area contributed by atoms with Crippen molar-refractivity contribution < 1.29 is 9.59 Å². The molecule has 0 aliphatic carbocycles. The highest BCUT2D eigenvalue weighted by atomic mass is 16.2. The summed E-state index contributed by atoms with van der Waals surface area (Å²) in [5, 5.41) is 10.4. The van der Waals surface area contributed by atoms with Crippen LogP contribution in [0.5, 0.6) is 0 Å². The molecule has 1 atom stereocenters. The SMILES string of the molecule is NC(=O)C1CCCN1C(=O)Cn1cnnn1. The smallest absolute Gasteiger partial charge is 0.245 e. The summed E-state index contributed by atoms with van der Waals surface area (Å²) < 4.78 is 1.32. The van der Waals surface area contributed by atoms with Gasteiger partial charge in [-0.25, -0.2) is 4.68 Å². The summed E-state index contributed by atoms with van der Waals surface area (Å²) in [6.07, 6.45) is 2.79. The average molecular weight is 224 g/mol. The number of carbonyl (C=O) groups excluding carboxylic acids is 2. The third kappa shape index (κ3) is 2.00. The Kier molecular flexibility index (Phi) is 2.80. The zero-order chi connectivity index (χ0) is 11.5. The van der Waals surface area contributed by atoms with Crippen molar-refractivity contribution in [2.45, 2.75) is 25.4 Å². The average Bonchev–Trinajstić information content (AvgIpc) is 2.86. The second kappa shape index (κ2) is 4.25. The van der Waals surface area contributed by atoms with Gasteiger partial charge in [-0.3, -0.25) is 9.59 Å². The van der Waals surface area contributed by atoms with Gasteiger partial charge in [0.2, 0.25) is 11.8 Å².